The van der Waals surface area contributed by atoms with Crippen molar-refractivity contribution in [3.05, 3.63) is 59.9 Å². The third-order valence-corrected chi connectivity index (χ3v) is 3.75. The number of amides is 1. The maximum absolute atomic E-state index is 12.1. The van der Waals surface area contributed by atoms with E-state index in [0.717, 1.165) is 11.1 Å². The molecule has 7 heteroatoms. The molecule has 0 aliphatic heterocycles. The van der Waals surface area contributed by atoms with Crippen molar-refractivity contribution in [1.82, 2.24) is 15.5 Å². The highest BCUT2D eigenvalue weighted by Gasteiger charge is 2.17. The molecule has 0 radical (unpaired) electrons. The fourth-order valence-electron chi connectivity index (χ4n) is 2.41. The molecule has 3 rings (SSSR count). The molecule has 0 saturated heterocycles. The van der Waals surface area contributed by atoms with Gasteiger partial charge in [0.1, 0.15) is 12.3 Å². The zero-order chi connectivity index (χ0) is 17.6. The van der Waals surface area contributed by atoms with Gasteiger partial charge in [0.05, 0.1) is 17.9 Å². The minimum absolute atomic E-state index is 0.150. The molecular formula is C18H16N4O3. The number of aromatic nitrogens is 2. The van der Waals surface area contributed by atoms with E-state index in [1.54, 1.807) is 6.07 Å². The summed E-state index contributed by atoms with van der Waals surface area (Å²) in [6.07, 6.45) is 3.48. The van der Waals surface area contributed by atoms with Crippen molar-refractivity contribution in [2.45, 2.75) is 25.8 Å². The first-order chi connectivity index (χ1) is 12.2. The molecule has 7 nitrogen and oxygen atoms in total. The van der Waals surface area contributed by atoms with Crippen molar-refractivity contribution in [2.24, 2.45) is 0 Å². The average Bonchev–Trinajstić information content (AvgIpc) is 3.29. The summed E-state index contributed by atoms with van der Waals surface area (Å²) in [5.41, 5.74) is 2.46. The maximum Gasteiger partial charge on any atom is 0.227 e. The van der Waals surface area contributed by atoms with E-state index in [2.05, 4.69) is 21.5 Å². The van der Waals surface area contributed by atoms with Crippen molar-refractivity contribution in [1.29, 1.82) is 5.26 Å². The number of carbonyl (C=O) groups excluding carboxylic acids is 1. The van der Waals surface area contributed by atoms with Crippen LogP contribution in [-0.2, 0) is 11.2 Å². The Bertz CT molecular complexity index is 893. The van der Waals surface area contributed by atoms with Gasteiger partial charge in [0.25, 0.3) is 0 Å². The lowest BCUT2D eigenvalue weighted by Crippen LogP contribution is -2.28. The van der Waals surface area contributed by atoms with Gasteiger partial charge in [0.15, 0.2) is 0 Å². The van der Waals surface area contributed by atoms with Crippen LogP contribution in [0.2, 0.25) is 0 Å². The van der Waals surface area contributed by atoms with E-state index < -0.39 is 6.04 Å². The first kappa shape index (κ1) is 16.5. The molecule has 0 bridgehead atoms. The average molecular weight is 336 g/mol. The number of aryl methyl sites for hydroxylation is 2. The van der Waals surface area contributed by atoms with Gasteiger partial charge in [-0.1, -0.05) is 29.4 Å². The Morgan fingerprint density at radius 1 is 1.36 bits per heavy atom. The quantitative estimate of drug-likeness (QED) is 0.742. The number of nitriles is 1. The fraction of sp³-hybridized carbons (Fsp3) is 0.222. The molecule has 1 N–H and O–H groups in total. The summed E-state index contributed by atoms with van der Waals surface area (Å²) in [4.78, 5) is 16.4. The van der Waals surface area contributed by atoms with E-state index in [1.807, 2.05) is 31.2 Å². The van der Waals surface area contributed by atoms with Gasteiger partial charge in [-0.3, -0.25) is 4.79 Å². The van der Waals surface area contributed by atoms with E-state index in [4.69, 9.17) is 8.94 Å². The van der Waals surface area contributed by atoms with Crippen LogP contribution in [0.25, 0.3) is 11.4 Å². The summed E-state index contributed by atoms with van der Waals surface area (Å²) in [5.74, 6) is 0.521. The van der Waals surface area contributed by atoms with Crippen LogP contribution in [0.3, 0.4) is 0 Å². The van der Waals surface area contributed by atoms with Crippen molar-refractivity contribution in [3.8, 4) is 17.5 Å². The lowest BCUT2D eigenvalue weighted by atomic mass is 10.0. The monoisotopic (exact) mass is 336 g/mol. The number of furan rings is 1. The van der Waals surface area contributed by atoms with E-state index >= 15 is 0 Å². The zero-order valence-corrected chi connectivity index (χ0v) is 13.6. The second-order valence-electron chi connectivity index (χ2n) is 5.51. The number of hydrogen-bond acceptors (Lipinski definition) is 6. The molecule has 1 unspecified atom stereocenters. The molecule has 1 atom stereocenters. The predicted octanol–water partition coefficient (Wildman–Crippen LogP) is 2.95. The molecule has 0 aliphatic rings. The Kier molecular flexibility index (Phi) is 4.90. The molecule has 0 aliphatic carbocycles. The van der Waals surface area contributed by atoms with Crippen LogP contribution in [0.5, 0.6) is 0 Å². The SMILES string of the molecule is Cc1ccccc1C(C#N)NC(=O)CCc1nc(-c2ccoc2)no1. The first-order valence-corrected chi connectivity index (χ1v) is 7.77. The standard InChI is InChI=1S/C18H16N4O3/c1-12-4-2-3-5-14(12)15(10-19)20-16(23)6-7-17-21-18(22-25-17)13-8-9-24-11-13/h2-5,8-9,11,15H,6-7H2,1H3,(H,20,23). The van der Waals surface area contributed by atoms with Crippen molar-refractivity contribution >= 4 is 5.91 Å². The molecule has 25 heavy (non-hydrogen) atoms. The van der Waals surface area contributed by atoms with Gasteiger partial charge < -0.3 is 14.3 Å². The van der Waals surface area contributed by atoms with Crippen LogP contribution in [0.15, 0.2) is 51.8 Å². The van der Waals surface area contributed by atoms with Crippen LogP contribution >= 0.6 is 0 Å². The summed E-state index contributed by atoms with van der Waals surface area (Å²) in [6.45, 7) is 1.90. The Labute approximate surface area is 144 Å². The molecule has 2 aromatic heterocycles. The summed E-state index contributed by atoms with van der Waals surface area (Å²) in [7, 11) is 0. The second kappa shape index (κ2) is 7.45. The Morgan fingerprint density at radius 2 is 2.20 bits per heavy atom. The number of benzene rings is 1. The minimum atomic E-state index is -0.683. The van der Waals surface area contributed by atoms with E-state index in [0.29, 0.717) is 23.7 Å². The van der Waals surface area contributed by atoms with Crippen molar-refractivity contribution in [2.75, 3.05) is 0 Å². The van der Waals surface area contributed by atoms with Gasteiger partial charge in [-0.25, -0.2) is 0 Å². The van der Waals surface area contributed by atoms with Gasteiger partial charge in [-0.05, 0) is 24.1 Å². The van der Waals surface area contributed by atoms with E-state index in [1.165, 1.54) is 12.5 Å². The highest BCUT2D eigenvalue weighted by atomic mass is 16.5. The predicted molar refractivity (Wildman–Crippen MR) is 88.0 cm³/mol. The van der Waals surface area contributed by atoms with Gasteiger partial charge in [-0.15, -0.1) is 0 Å². The molecule has 1 aromatic carbocycles. The number of rotatable bonds is 6. The summed E-state index contributed by atoms with van der Waals surface area (Å²) >= 11 is 0. The molecule has 0 spiro atoms. The smallest absolute Gasteiger partial charge is 0.227 e. The fourth-order valence-corrected chi connectivity index (χ4v) is 2.41. The van der Waals surface area contributed by atoms with Crippen LogP contribution in [0.4, 0.5) is 0 Å². The Morgan fingerprint density at radius 3 is 2.92 bits per heavy atom. The molecule has 1 amide bonds. The van der Waals surface area contributed by atoms with Gasteiger partial charge >= 0.3 is 0 Å². The lowest BCUT2D eigenvalue weighted by Gasteiger charge is -2.13. The minimum Gasteiger partial charge on any atom is -0.472 e. The summed E-state index contributed by atoms with van der Waals surface area (Å²) in [5, 5.41) is 15.9. The second-order valence-corrected chi connectivity index (χ2v) is 5.51. The number of carbonyl (C=O) groups is 1. The van der Waals surface area contributed by atoms with Crippen LogP contribution < -0.4 is 5.32 Å². The molecule has 126 valence electrons. The van der Waals surface area contributed by atoms with E-state index in [-0.39, 0.29) is 12.3 Å². The lowest BCUT2D eigenvalue weighted by molar-refractivity contribution is -0.121. The largest absolute Gasteiger partial charge is 0.472 e. The van der Waals surface area contributed by atoms with Crippen molar-refractivity contribution < 1.29 is 13.7 Å². The summed E-state index contributed by atoms with van der Waals surface area (Å²) < 4.78 is 10.1. The van der Waals surface area contributed by atoms with Crippen LogP contribution in [0.1, 0.15) is 29.5 Å². The third-order valence-electron chi connectivity index (χ3n) is 3.75. The number of nitrogens with zero attached hydrogens (tertiary/aromatic N) is 3. The normalized spacial score (nSPS) is 11.7. The molecule has 2 heterocycles. The van der Waals surface area contributed by atoms with Gasteiger partial charge in [0.2, 0.25) is 17.6 Å². The summed E-state index contributed by atoms with van der Waals surface area (Å²) in [6, 6.07) is 10.6. The molecule has 0 fully saturated rings. The number of hydrogen-bond donors (Lipinski definition) is 1. The van der Waals surface area contributed by atoms with Crippen LogP contribution in [0, 0.1) is 18.3 Å². The molecule has 3 aromatic rings. The molecular weight excluding hydrogens is 320 g/mol. The highest BCUT2D eigenvalue weighted by molar-refractivity contribution is 5.77. The topological polar surface area (TPSA) is 105 Å². The van der Waals surface area contributed by atoms with Crippen LogP contribution in [-0.4, -0.2) is 16.0 Å². The van der Waals surface area contributed by atoms with Crippen molar-refractivity contribution in [3.63, 3.8) is 0 Å². The Hall–Kier alpha value is -3.40. The van der Waals surface area contributed by atoms with Gasteiger partial charge in [-0.2, -0.15) is 10.2 Å². The number of nitrogens with one attached hydrogen (secondary N) is 1. The third kappa shape index (κ3) is 3.93. The maximum atomic E-state index is 12.1. The Balaban J connectivity index is 1.58. The molecule has 0 saturated carbocycles. The zero-order valence-electron chi connectivity index (χ0n) is 13.6. The van der Waals surface area contributed by atoms with E-state index in [9.17, 15) is 10.1 Å². The van der Waals surface area contributed by atoms with Gasteiger partial charge in [0, 0.05) is 12.8 Å². The first-order valence-electron chi connectivity index (χ1n) is 7.77. The highest BCUT2D eigenvalue weighted by Crippen LogP contribution is 2.18.